The van der Waals surface area contributed by atoms with Crippen molar-refractivity contribution in [2.45, 2.75) is 17.7 Å². The summed E-state index contributed by atoms with van der Waals surface area (Å²) in [6, 6.07) is 12.9. The molecule has 0 atom stereocenters. The highest BCUT2D eigenvalue weighted by atomic mass is 35.5. The van der Waals surface area contributed by atoms with Crippen LogP contribution in [-0.2, 0) is 21.2 Å². The highest BCUT2D eigenvalue weighted by molar-refractivity contribution is 7.92. The van der Waals surface area contributed by atoms with E-state index < -0.39 is 16.0 Å². The van der Waals surface area contributed by atoms with Crippen molar-refractivity contribution in [1.29, 1.82) is 0 Å². The predicted octanol–water partition coefficient (Wildman–Crippen LogP) is 3.45. The second-order valence-corrected chi connectivity index (χ2v) is 7.14. The number of methoxy groups -OCH3 is 1. The van der Waals surface area contributed by atoms with Gasteiger partial charge in [-0.3, -0.25) is 4.72 Å². The van der Waals surface area contributed by atoms with Crippen LogP contribution in [0.3, 0.4) is 0 Å². The number of esters is 1. The highest BCUT2D eigenvalue weighted by Crippen LogP contribution is 2.21. The van der Waals surface area contributed by atoms with Gasteiger partial charge in [0, 0.05) is 5.88 Å². The zero-order valence-electron chi connectivity index (χ0n) is 13.2. The number of rotatable bonds is 7. The summed E-state index contributed by atoms with van der Waals surface area (Å²) in [5.74, 6) is -0.0453. The third-order valence-corrected chi connectivity index (χ3v) is 5.06. The molecule has 7 heteroatoms. The Morgan fingerprint density at radius 1 is 1.12 bits per heavy atom. The number of carbonyl (C=O) groups is 1. The van der Waals surface area contributed by atoms with Crippen LogP contribution >= 0.6 is 11.6 Å². The number of sulfonamides is 1. The largest absolute Gasteiger partial charge is 0.465 e. The van der Waals surface area contributed by atoms with Crippen molar-refractivity contribution in [3.05, 3.63) is 59.7 Å². The quantitative estimate of drug-likeness (QED) is 0.601. The maximum absolute atomic E-state index is 12.5. The van der Waals surface area contributed by atoms with Crippen molar-refractivity contribution in [1.82, 2.24) is 0 Å². The van der Waals surface area contributed by atoms with Gasteiger partial charge in [0.2, 0.25) is 0 Å². The topological polar surface area (TPSA) is 72.5 Å². The zero-order valence-corrected chi connectivity index (χ0v) is 14.7. The van der Waals surface area contributed by atoms with E-state index in [0.29, 0.717) is 5.88 Å². The molecule has 0 aliphatic heterocycles. The maximum Gasteiger partial charge on any atom is 0.339 e. The lowest BCUT2D eigenvalue weighted by Crippen LogP contribution is -2.16. The lowest BCUT2D eigenvalue weighted by molar-refractivity contribution is 0.0602. The first-order chi connectivity index (χ1) is 11.5. The third kappa shape index (κ3) is 4.49. The van der Waals surface area contributed by atoms with Crippen LogP contribution in [0.1, 0.15) is 22.3 Å². The minimum atomic E-state index is -3.80. The summed E-state index contributed by atoms with van der Waals surface area (Å²) in [5.41, 5.74) is 1.35. The van der Waals surface area contributed by atoms with E-state index in [4.69, 9.17) is 11.6 Å². The smallest absolute Gasteiger partial charge is 0.339 e. The van der Waals surface area contributed by atoms with E-state index in [-0.39, 0.29) is 16.1 Å². The van der Waals surface area contributed by atoms with Crippen LogP contribution < -0.4 is 4.72 Å². The number of benzene rings is 2. The van der Waals surface area contributed by atoms with Crippen LogP contribution in [0.5, 0.6) is 0 Å². The van der Waals surface area contributed by atoms with E-state index in [1.807, 2.05) is 0 Å². The first-order valence-corrected chi connectivity index (χ1v) is 9.35. The molecule has 0 heterocycles. The number of halogens is 1. The van der Waals surface area contributed by atoms with Crippen LogP contribution in [0.4, 0.5) is 5.69 Å². The number of hydrogen-bond acceptors (Lipinski definition) is 4. The number of hydrogen-bond donors (Lipinski definition) is 1. The summed E-state index contributed by atoms with van der Waals surface area (Å²) in [6.07, 6.45) is 1.63. The fraction of sp³-hybridized carbons (Fsp3) is 0.235. The molecule has 5 nitrogen and oxygen atoms in total. The molecule has 0 fully saturated rings. The van der Waals surface area contributed by atoms with Crippen LogP contribution in [-0.4, -0.2) is 27.4 Å². The van der Waals surface area contributed by atoms with Gasteiger partial charge in [-0.2, -0.15) is 0 Å². The second kappa shape index (κ2) is 8.17. The van der Waals surface area contributed by atoms with E-state index in [9.17, 15) is 13.2 Å². The molecule has 128 valence electrons. The molecule has 0 bridgehead atoms. The first-order valence-electron chi connectivity index (χ1n) is 7.33. The Bertz CT molecular complexity index is 804. The lowest BCUT2D eigenvalue weighted by Gasteiger charge is -2.11. The normalized spacial score (nSPS) is 11.1. The molecule has 0 aliphatic carbocycles. The number of aryl methyl sites for hydroxylation is 1. The minimum Gasteiger partial charge on any atom is -0.465 e. The number of anilines is 1. The van der Waals surface area contributed by atoms with Gasteiger partial charge in [-0.1, -0.05) is 24.3 Å². The summed E-state index contributed by atoms with van der Waals surface area (Å²) < 4.78 is 32.1. The average molecular weight is 368 g/mol. The summed E-state index contributed by atoms with van der Waals surface area (Å²) in [7, 11) is -2.56. The van der Waals surface area contributed by atoms with Gasteiger partial charge in [-0.05, 0) is 42.7 Å². The van der Waals surface area contributed by atoms with Gasteiger partial charge >= 0.3 is 5.97 Å². The van der Waals surface area contributed by atoms with Gasteiger partial charge in [-0.15, -0.1) is 11.6 Å². The van der Waals surface area contributed by atoms with Crippen molar-refractivity contribution < 1.29 is 17.9 Å². The lowest BCUT2D eigenvalue weighted by atomic mass is 10.1. The molecule has 2 aromatic carbocycles. The van der Waals surface area contributed by atoms with E-state index in [1.54, 1.807) is 24.3 Å². The Labute approximate surface area is 146 Å². The van der Waals surface area contributed by atoms with Crippen molar-refractivity contribution in [3.63, 3.8) is 0 Å². The number of para-hydroxylation sites is 1. The van der Waals surface area contributed by atoms with Crippen molar-refractivity contribution >= 4 is 33.3 Å². The number of carbonyl (C=O) groups excluding carboxylic acids is 1. The Morgan fingerprint density at radius 3 is 2.42 bits per heavy atom. The Hall–Kier alpha value is -2.05. The van der Waals surface area contributed by atoms with Crippen LogP contribution in [0.25, 0.3) is 0 Å². The van der Waals surface area contributed by atoms with Crippen LogP contribution in [0.15, 0.2) is 53.4 Å². The molecular formula is C17H18ClNO4S. The Morgan fingerprint density at radius 2 is 1.79 bits per heavy atom. The minimum absolute atomic E-state index is 0.122. The molecule has 0 aromatic heterocycles. The van der Waals surface area contributed by atoms with Crippen molar-refractivity contribution in [2.75, 3.05) is 17.7 Å². The predicted molar refractivity (Wildman–Crippen MR) is 94.1 cm³/mol. The molecule has 1 N–H and O–H groups in total. The Balaban J connectivity index is 2.24. The van der Waals surface area contributed by atoms with Crippen molar-refractivity contribution in [3.8, 4) is 0 Å². The molecule has 2 rings (SSSR count). The molecule has 2 aromatic rings. The van der Waals surface area contributed by atoms with Gasteiger partial charge < -0.3 is 4.74 Å². The molecule has 24 heavy (non-hydrogen) atoms. The summed E-state index contributed by atoms with van der Waals surface area (Å²) in [6.45, 7) is 0. The summed E-state index contributed by atoms with van der Waals surface area (Å²) in [4.78, 5) is 11.9. The zero-order chi connectivity index (χ0) is 17.6. The first kappa shape index (κ1) is 18.3. The standard InChI is InChI=1S/C17H18ClNO4S/c1-23-17(20)15-6-2-3-7-16(15)19-24(21,22)14-10-8-13(9-11-14)5-4-12-18/h2-3,6-11,19H,4-5,12H2,1H3. The average Bonchev–Trinajstić information content (AvgIpc) is 2.60. The maximum atomic E-state index is 12.5. The molecule has 0 amide bonds. The third-order valence-electron chi connectivity index (χ3n) is 3.41. The van der Waals surface area contributed by atoms with Gasteiger partial charge in [0.25, 0.3) is 10.0 Å². The van der Waals surface area contributed by atoms with E-state index >= 15 is 0 Å². The van der Waals surface area contributed by atoms with E-state index in [2.05, 4.69) is 9.46 Å². The van der Waals surface area contributed by atoms with Gasteiger partial charge in [0.1, 0.15) is 0 Å². The monoisotopic (exact) mass is 367 g/mol. The molecule has 0 spiro atoms. The fourth-order valence-corrected chi connectivity index (χ4v) is 3.38. The molecular weight excluding hydrogens is 350 g/mol. The van der Waals surface area contributed by atoms with Crippen LogP contribution in [0, 0.1) is 0 Å². The fourth-order valence-electron chi connectivity index (χ4n) is 2.17. The second-order valence-electron chi connectivity index (χ2n) is 5.08. The molecule has 0 saturated carbocycles. The molecule has 0 saturated heterocycles. The number of alkyl halides is 1. The molecule has 0 unspecified atom stereocenters. The van der Waals surface area contributed by atoms with Crippen LogP contribution in [0.2, 0.25) is 0 Å². The van der Waals surface area contributed by atoms with Gasteiger partial charge in [0.05, 0.1) is 23.3 Å². The molecule has 0 aliphatic rings. The number of ether oxygens (including phenoxy) is 1. The summed E-state index contributed by atoms with van der Waals surface area (Å²) in [5, 5.41) is 0. The van der Waals surface area contributed by atoms with Gasteiger partial charge in [-0.25, -0.2) is 13.2 Å². The SMILES string of the molecule is COC(=O)c1ccccc1NS(=O)(=O)c1ccc(CCCCl)cc1. The highest BCUT2D eigenvalue weighted by Gasteiger charge is 2.18. The van der Waals surface area contributed by atoms with E-state index in [0.717, 1.165) is 18.4 Å². The molecule has 0 radical (unpaired) electrons. The van der Waals surface area contributed by atoms with Crippen molar-refractivity contribution in [2.24, 2.45) is 0 Å². The summed E-state index contributed by atoms with van der Waals surface area (Å²) >= 11 is 5.65. The number of nitrogens with one attached hydrogen (secondary N) is 1. The Kier molecular flexibility index (Phi) is 6.23. The van der Waals surface area contributed by atoms with E-state index in [1.165, 1.54) is 31.4 Å². The van der Waals surface area contributed by atoms with Gasteiger partial charge in [0.15, 0.2) is 0 Å².